The van der Waals surface area contributed by atoms with Crippen LogP contribution in [-0.4, -0.2) is 24.4 Å². The number of carbonyl (C=O) groups is 3. The number of halogens is 1. The standard InChI is InChI=1S/C16H19FN2O4/c1-4-23-16(22)11-5-10-7-13(18-8(2)20)15(19-9(3)21)14(17)12(10)6-11/h7,11H,4-6H2,1-3H3,(H,18,20)(H,19,21). The molecule has 0 saturated carbocycles. The summed E-state index contributed by atoms with van der Waals surface area (Å²) in [4.78, 5) is 34.5. The highest BCUT2D eigenvalue weighted by molar-refractivity contribution is 5.99. The Labute approximate surface area is 133 Å². The molecule has 0 aromatic heterocycles. The van der Waals surface area contributed by atoms with E-state index in [1.165, 1.54) is 13.8 Å². The van der Waals surface area contributed by atoms with Crippen molar-refractivity contribution in [3.63, 3.8) is 0 Å². The van der Waals surface area contributed by atoms with Crippen LogP contribution in [-0.2, 0) is 32.0 Å². The molecule has 0 radical (unpaired) electrons. The molecule has 7 heteroatoms. The third kappa shape index (κ3) is 3.67. The predicted octanol–water partition coefficient (Wildman–Crippen LogP) is 2.02. The van der Waals surface area contributed by atoms with E-state index in [0.29, 0.717) is 17.5 Å². The smallest absolute Gasteiger partial charge is 0.309 e. The van der Waals surface area contributed by atoms with E-state index in [1.807, 2.05) is 0 Å². The number of rotatable bonds is 4. The van der Waals surface area contributed by atoms with Crippen molar-refractivity contribution < 1.29 is 23.5 Å². The molecule has 2 rings (SSSR count). The van der Waals surface area contributed by atoms with Crippen LogP contribution in [0.15, 0.2) is 6.07 Å². The zero-order valence-electron chi connectivity index (χ0n) is 13.3. The number of hydrogen-bond acceptors (Lipinski definition) is 4. The summed E-state index contributed by atoms with van der Waals surface area (Å²) in [5, 5.41) is 4.91. The van der Waals surface area contributed by atoms with Crippen molar-refractivity contribution in [1.82, 2.24) is 0 Å². The van der Waals surface area contributed by atoms with E-state index in [4.69, 9.17) is 4.74 Å². The van der Waals surface area contributed by atoms with Crippen LogP contribution in [0, 0.1) is 11.7 Å². The Morgan fingerprint density at radius 1 is 1.22 bits per heavy atom. The summed E-state index contributed by atoms with van der Waals surface area (Å²) in [7, 11) is 0. The van der Waals surface area contributed by atoms with Gasteiger partial charge in [-0.3, -0.25) is 14.4 Å². The van der Waals surface area contributed by atoms with Crippen molar-refractivity contribution in [1.29, 1.82) is 0 Å². The molecule has 2 amide bonds. The molecule has 2 N–H and O–H groups in total. The second-order valence-electron chi connectivity index (χ2n) is 5.47. The number of fused-ring (bicyclic) bond motifs is 1. The van der Waals surface area contributed by atoms with Crippen LogP contribution in [0.25, 0.3) is 0 Å². The van der Waals surface area contributed by atoms with Gasteiger partial charge in [0.2, 0.25) is 11.8 Å². The first-order valence-electron chi connectivity index (χ1n) is 7.39. The molecule has 1 aromatic rings. The maximum atomic E-state index is 14.7. The molecule has 1 aliphatic carbocycles. The molecule has 0 spiro atoms. The Bertz CT molecular complexity index is 673. The zero-order chi connectivity index (χ0) is 17.1. The number of benzene rings is 1. The molecule has 1 unspecified atom stereocenters. The Hall–Kier alpha value is -2.44. The number of ether oxygens (including phenoxy) is 1. The Kier molecular flexibility index (Phi) is 4.98. The zero-order valence-corrected chi connectivity index (χ0v) is 13.3. The molecular formula is C16H19FN2O4. The molecule has 0 bridgehead atoms. The molecule has 1 aliphatic rings. The van der Waals surface area contributed by atoms with Gasteiger partial charge in [-0.15, -0.1) is 0 Å². The lowest BCUT2D eigenvalue weighted by atomic mass is 10.1. The lowest BCUT2D eigenvalue weighted by molar-refractivity contribution is -0.147. The molecular weight excluding hydrogens is 303 g/mol. The highest BCUT2D eigenvalue weighted by Crippen LogP contribution is 2.38. The second kappa shape index (κ2) is 6.76. The molecule has 124 valence electrons. The van der Waals surface area contributed by atoms with Crippen molar-refractivity contribution in [3.05, 3.63) is 23.0 Å². The van der Waals surface area contributed by atoms with Gasteiger partial charge < -0.3 is 15.4 Å². The summed E-state index contributed by atoms with van der Waals surface area (Å²) in [6.07, 6.45) is 0.560. The normalized spacial score (nSPS) is 15.7. The topological polar surface area (TPSA) is 84.5 Å². The minimum absolute atomic E-state index is 0.0732. The number of amides is 2. The molecule has 1 aromatic carbocycles. The Balaban J connectivity index is 2.40. The van der Waals surface area contributed by atoms with Gasteiger partial charge >= 0.3 is 5.97 Å². The molecule has 23 heavy (non-hydrogen) atoms. The van der Waals surface area contributed by atoms with Crippen LogP contribution in [0.5, 0.6) is 0 Å². The molecule has 0 saturated heterocycles. The van der Waals surface area contributed by atoms with E-state index in [1.54, 1.807) is 13.0 Å². The third-order valence-corrected chi connectivity index (χ3v) is 3.61. The summed E-state index contributed by atoms with van der Waals surface area (Å²) in [6, 6.07) is 1.60. The monoisotopic (exact) mass is 322 g/mol. The van der Waals surface area contributed by atoms with Gasteiger partial charge in [-0.1, -0.05) is 0 Å². The van der Waals surface area contributed by atoms with Gasteiger partial charge in [-0.2, -0.15) is 0 Å². The molecule has 1 atom stereocenters. The van der Waals surface area contributed by atoms with E-state index in [9.17, 15) is 18.8 Å². The number of carbonyl (C=O) groups excluding carboxylic acids is 3. The maximum absolute atomic E-state index is 14.7. The largest absolute Gasteiger partial charge is 0.466 e. The first-order valence-corrected chi connectivity index (χ1v) is 7.39. The van der Waals surface area contributed by atoms with Gasteiger partial charge in [-0.25, -0.2) is 4.39 Å². The fourth-order valence-electron chi connectivity index (χ4n) is 2.74. The van der Waals surface area contributed by atoms with Crippen molar-refractivity contribution in [3.8, 4) is 0 Å². The van der Waals surface area contributed by atoms with Crippen molar-refractivity contribution in [2.24, 2.45) is 5.92 Å². The second-order valence-corrected chi connectivity index (χ2v) is 5.47. The number of anilines is 2. The number of esters is 1. The van der Waals surface area contributed by atoms with Gasteiger partial charge in [0.25, 0.3) is 0 Å². The summed E-state index contributed by atoms with van der Waals surface area (Å²) in [6.45, 7) is 4.53. The highest BCUT2D eigenvalue weighted by Gasteiger charge is 2.33. The van der Waals surface area contributed by atoms with E-state index < -0.39 is 17.6 Å². The Morgan fingerprint density at radius 2 is 1.87 bits per heavy atom. The fraction of sp³-hybridized carbons (Fsp3) is 0.438. The summed E-state index contributed by atoms with van der Waals surface area (Å²) >= 11 is 0. The van der Waals surface area contributed by atoms with Crippen molar-refractivity contribution in [2.45, 2.75) is 33.6 Å². The lowest BCUT2D eigenvalue weighted by Gasteiger charge is -2.14. The van der Waals surface area contributed by atoms with Crippen LogP contribution >= 0.6 is 0 Å². The lowest BCUT2D eigenvalue weighted by Crippen LogP contribution is -2.17. The van der Waals surface area contributed by atoms with Crippen molar-refractivity contribution in [2.75, 3.05) is 17.2 Å². The van der Waals surface area contributed by atoms with E-state index in [0.717, 1.165) is 0 Å². The molecule has 0 fully saturated rings. The third-order valence-electron chi connectivity index (χ3n) is 3.61. The first kappa shape index (κ1) is 16.9. The average molecular weight is 322 g/mol. The van der Waals surface area contributed by atoms with Gasteiger partial charge in [-0.05, 0) is 37.0 Å². The maximum Gasteiger partial charge on any atom is 0.309 e. The Morgan fingerprint density at radius 3 is 2.43 bits per heavy atom. The summed E-state index contributed by atoms with van der Waals surface area (Å²) < 4.78 is 19.7. The number of nitrogens with one attached hydrogen (secondary N) is 2. The van der Waals surface area contributed by atoms with Gasteiger partial charge in [0.05, 0.1) is 18.2 Å². The minimum Gasteiger partial charge on any atom is -0.466 e. The molecule has 0 heterocycles. The SMILES string of the molecule is CCOC(=O)C1Cc2cc(NC(C)=O)c(NC(C)=O)c(F)c2C1. The van der Waals surface area contributed by atoms with Gasteiger partial charge in [0, 0.05) is 13.8 Å². The molecule has 6 nitrogen and oxygen atoms in total. The van der Waals surface area contributed by atoms with E-state index >= 15 is 0 Å². The average Bonchev–Trinajstić information content (AvgIpc) is 2.87. The van der Waals surface area contributed by atoms with E-state index in [2.05, 4.69) is 10.6 Å². The first-order chi connectivity index (χ1) is 10.8. The number of hydrogen-bond donors (Lipinski definition) is 2. The van der Waals surface area contributed by atoms with E-state index in [-0.39, 0.29) is 36.3 Å². The predicted molar refractivity (Wildman–Crippen MR) is 82.5 cm³/mol. The fourth-order valence-corrected chi connectivity index (χ4v) is 2.74. The summed E-state index contributed by atoms with van der Waals surface area (Å²) in [5.41, 5.74) is 1.13. The van der Waals surface area contributed by atoms with Gasteiger partial charge in [0.15, 0.2) is 5.82 Å². The molecule has 0 aliphatic heterocycles. The van der Waals surface area contributed by atoms with Gasteiger partial charge in [0.1, 0.15) is 5.69 Å². The minimum atomic E-state index is -0.617. The quantitative estimate of drug-likeness (QED) is 0.831. The van der Waals surface area contributed by atoms with Crippen LogP contribution in [0.1, 0.15) is 31.9 Å². The van der Waals surface area contributed by atoms with Crippen LogP contribution in [0.4, 0.5) is 15.8 Å². The van der Waals surface area contributed by atoms with Crippen LogP contribution in [0.3, 0.4) is 0 Å². The van der Waals surface area contributed by atoms with Crippen molar-refractivity contribution >= 4 is 29.2 Å². The van der Waals surface area contributed by atoms with Crippen LogP contribution in [0.2, 0.25) is 0 Å². The highest BCUT2D eigenvalue weighted by atomic mass is 19.1. The summed E-state index contributed by atoms with van der Waals surface area (Å²) in [5.74, 6) is -2.26. The van der Waals surface area contributed by atoms with Crippen LogP contribution < -0.4 is 10.6 Å².